The molecule has 80 valence electrons. The van der Waals surface area contributed by atoms with Crippen molar-refractivity contribution in [1.29, 1.82) is 0 Å². The minimum atomic E-state index is 0.595. The molecule has 0 bridgehead atoms. The molecule has 0 saturated carbocycles. The van der Waals surface area contributed by atoms with Crippen molar-refractivity contribution in [2.24, 2.45) is 5.92 Å². The first-order valence-corrected chi connectivity index (χ1v) is 6.36. The summed E-state index contributed by atoms with van der Waals surface area (Å²) in [5.74, 6) is 1.81. The summed E-state index contributed by atoms with van der Waals surface area (Å²) in [6, 6.07) is 0.595. The highest BCUT2D eigenvalue weighted by molar-refractivity contribution is 7.98. The molecule has 0 aromatic carbocycles. The molecule has 0 aromatic rings. The molecule has 0 spiro atoms. The van der Waals surface area contributed by atoms with Crippen LogP contribution in [0.25, 0.3) is 0 Å². The van der Waals surface area contributed by atoms with E-state index in [1.165, 1.54) is 5.75 Å². The van der Waals surface area contributed by atoms with Crippen LogP contribution in [0.15, 0.2) is 0 Å². The van der Waals surface area contributed by atoms with E-state index < -0.39 is 0 Å². The SMILES string of the molecule is CSCC(C)NCCOCC(C)C. The van der Waals surface area contributed by atoms with Crippen LogP contribution >= 0.6 is 11.8 Å². The largest absolute Gasteiger partial charge is 0.380 e. The maximum absolute atomic E-state index is 5.45. The summed E-state index contributed by atoms with van der Waals surface area (Å²) in [6.07, 6.45) is 2.13. The Morgan fingerprint density at radius 2 is 2.00 bits per heavy atom. The van der Waals surface area contributed by atoms with Crippen LogP contribution in [-0.2, 0) is 4.74 Å². The molecular weight excluding hydrogens is 182 g/mol. The summed E-state index contributed by atoms with van der Waals surface area (Å²) in [5.41, 5.74) is 0. The van der Waals surface area contributed by atoms with Crippen molar-refractivity contribution in [2.75, 3.05) is 31.8 Å². The summed E-state index contributed by atoms with van der Waals surface area (Å²) in [6.45, 7) is 9.22. The number of hydrogen-bond donors (Lipinski definition) is 1. The molecule has 0 radical (unpaired) electrons. The maximum Gasteiger partial charge on any atom is 0.0591 e. The van der Waals surface area contributed by atoms with Crippen LogP contribution in [0.5, 0.6) is 0 Å². The lowest BCUT2D eigenvalue weighted by atomic mass is 10.2. The van der Waals surface area contributed by atoms with Crippen molar-refractivity contribution in [1.82, 2.24) is 5.32 Å². The first-order chi connectivity index (χ1) is 6.16. The van der Waals surface area contributed by atoms with Gasteiger partial charge in [0.2, 0.25) is 0 Å². The van der Waals surface area contributed by atoms with Gasteiger partial charge in [0.25, 0.3) is 0 Å². The quantitative estimate of drug-likeness (QED) is 0.612. The minimum absolute atomic E-state index is 0.595. The second kappa shape index (κ2) is 8.85. The van der Waals surface area contributed by atoms with Crippen molar-refractivity contribution in [2.45, 2.75) is 26.8 Å². The monoisotopic (exact) mass is 205 g/mol. The zero-order chi connectivity index (χ0) is 10.1. The molecule has 0 amide bonds. The average Bonchev–Trinajstić information content (AvgIpc) is 2.03. The Kier molecular flexibility index (Phi) is 9.03. The number of rotatable bonds is 8. The molecule has 0 saturated heterocycles. The summed E-state index contributed by atoms with van der Waals surface area (Å²) < 4.78 is 5.45. The van der Waals surface area contributed by atoms with E-state index in [0.717, 1.165) is 19.8 Å². The highest BCUT2D eigenvalue weighted by Crippen LogP contribution is 1.95. The van der Waals surface area contributed by atoms with Crippen LogP contribution in [0.4, 0.5) is 0 Å². The van der Waals surface area contributed by atoms with Crippen molar-refractivity contribution >= 4 is 11.8 Å². The summed E-state index contributed by atoms with van der Waals surface area (Å²) in [7, 11) is 0. The van der Waals surface area contributed by atoms with Crippen molar-refractivity contribution in [3.63, 3.8) is 0 Å². The van der Waals surface area contributed by atoms with Crippen LogP contribution in [0.1, 0.15) is 20.8 Å². The first kappa shape index (κ1) is 13.3. The fraction of sp³-hybridized carbons (Fsp3) is 1.00. The third-order valence-electron chi connectivity index (χ3n) is 1.61. The maximum atomic E-state index is 5.45. The van der Waals surface area contributed by atoms with E-state index in [1.54, 1.807) is 0 Å². The molecule has 0 aliphatic rings. The summed E-state index contributed by atoms with van der Waals surface area (Å²) in [4.78, 5) is 0. The Labute approximate surface area is 86.8 Å². The number of hydrogen-bond acceptors (Lipinski definition) is 3. The van der Waals surface area contributed by atoms with Crippen molar-refractivity contribution in [3.05, 3.63) is 0 Å². The Morgan fingerprint density at radius 1 is 1.31 bits per heavy atom. The molecule has 0 aliphatic carbocycles. The fourth-order valence-electron chi connectivity index (χ4n) is 1.01. The van der Waals surface area contributed by atoms with E-state index in [-0.39, 0.29) is 0 Å². The lowest BCUT2D eigenvalue weighted by Gasteiger charge is -2.12. The highest BCUT2D eigenvalue weighted by atomic mass is 32.2. The minimum Gasteiger partial charge on any atom is -0.380 e. The number of thioether (sulfide) groups is 1. The Bertz CT molecular complexity index is 109. The summed E-state index contributed by atoms with van der Waals surface area (Å²) in [5, 5.41) is 3.41. The van der Waals surface area contributed by atoms with E-state index in [2.05, 4.69) is 32.3 Å². The van der Waals surface area contributed by atoms with E-state index in [9.17, 15) is 0 Å². The Hall–Kier alpha value is 0.270. The lowest BCUT2D eigenvalue weighted by molar-refractivity contribution is 0.111. The normalized spacial score (nSPS) is 13.6. The predicted molar refractivity (Wildman–Crippen MR) is 61.5 cm³/mol. The van der Waals surface area contributed by atoms with Gasteiger partial charge in [0, 0.05) is 24.9 Å². The molecular formula is C10H23NOS. The number of nitrogens with one attached hydrogen (secondary N) is 1. The molecule has 1 atom stereocenters. The fourth-order valence-corrected chi connectivity index (χ4v) is 1.62. The van der Waals surface area contributed by atoms with Gasteiger partial charge < -0.3 is 10.1 Å². The molecule has 1 unspecified atom stereocenters. The second-order valence-corrected chi connectivity index (χ2v) is 4.69. The zero-order valence-corrected chi connectivity index (χ0v) is 10.1. The van der Waals surface area contributed by atoms with Crippen LogP contribution < -0.4 is 5.32 Å². The highest BCUT2D eigenvalue weighted by Gasteiger charge is 1.98. The van der Waals surface area contributed by atoms with Gasteiger partial charge in [0.05, 0.1) is 6.61 Å². The van der Waals surface area contributed by atoms with Gasteiger partial charge in [-0.3, -0.25) is 0 Å². The molecule has 3 heteroatoms. The van der Waals surface area contributed by atoms with E-state index in [0.29, 0.717) is 12.0 Å². The van der Waals surface area contributed by atoms with Crippen LogP contribution in [0.2, 0.25) is 0 Å². The summed E-state index contributed by atoms with van der Waals surface area (Å²) >= 11 is 1.88. The third-order valence-corrected chi connectivity index (χ3v) is 2.44. The average molecular weight is 205 g/mol. The molecule has 13 heavy (non-hydrogen) atoms. The molecule has 2 nitrogen and oxygen atoms in total. The molecule has 0 rings (SSSR count). The van der Waals surface area contributed by atoms with Crippen LogP contribution in [0.3, 0.4) is 0 Å². The van der Waals surface area contributed by atoms with E-state index in [1.807, 2.05) is 11.8 Å². The third kappa shape index (κ3) is 10.2. The zero-order valence-electron chi connectivity index (χ0n) is 9.30. The predicted octanol–water partition coefficient (Wildman–Crippen LogP) is 2.00. The van der Waals surface area contributed by atoms with E-state index in [4.69, 9.17) is 4.74 Å². The van der Waals surface area contributed by atoms with Crippen molar-refractivity contribution < 1.29 is 4.74 Å². The van der Waals surface area contributed by atoms with Gasteiger partial charge in [-0.1, -0.05) is 13.8 Å². The number of ether oxygens (including phenoxy) is 1. The van der Waals surface area contributed by atoms with Gasteiger partial charge in [-0.2, -0.15) is 11.8 Å². The van der Waals surface area contributed by atoms with Crippen molar-refractivity contribution in [3.8, 4) is 0 Å². The Morgan fingerprint density at radius 3 is 2.54 bits per heavy atom. The standard InChI is InChI=1S/C10H23NOS/c1-9(2)7-12-6-5-11-10(3)8-13-4/h9-11H,5-8H2,1-4H3. The van der Waals surface area contributed by atoms with Gasteiger partial charge in [-0.05, 0) is 19.1 Å². The topological polar surface area (TPSA) is 21.3 Å². The lowest BCUT2D eigenvalue weighted by Crippen LogP contribution is -2.31. The Balaban J connectivity index is 3.06. The van der Waals surface area contributed by atoms with Crippen LogP contribution in [-0.4, -0.2) is 37.8 Å². The molecule has 1 N–H and O–H groups in total. The van der Waals surface area contributed by atoms with Gasteiger partial charge in [-0.25, -0.2) is 0 Å². The van der Waals surface area contributed by atoms with Gasteiger partial charge in [0.15, 0.2) is 0 Å². The van der Waals surface area contributed by atoms with E-state index >= 15 is 0 Å². The molecule has 0 heterocycles. The first-order valence-electron chi connectivity index (χ1n) is 4.97. The van der Waals surface area contributed by atoms with Gasteiger partial charge in [0.1, 0.15) is 0 Å². The molecule has 0 fully saturated rings. The van der Waals surface area contributed by atoms with Gasteiger partial charge in [-0.15, -0.1) is 0 Å². The molecule has 0 aliphatic heterocycles. The second-order valence-electron chi connectivity index (χ2n) is 3.78. The smallest absolute Gasteiger partial charge is 0.0591 e. The van der Waals surface area contributed by atoms with Gasteiger partial charge >= 0.3 is 0 Å². The van der Waals surface area contributed by atoms with Crippen LogP contribution in [0, 0.1) is 5.92 Å². The molecule has 0 aromatic heterocycles.